The molecule has 2 aromatic carbocycles. The molecule has 0 radical (unpaired) electrons. The SMILES string of the molecule is COC(=O)C1(Oc2cc(F)cc([C@]3(O)[C@H]4C[C@@H](OCc5c(-c6c(Cl)cccc6Cl)noc5C5CC5)C[C@@H]3[C@@H](C)C4)c2)CC1. The third-order valence-electron chi connectivity index (χ3n) is 9.93. The number of nitrogens with zero attached hydrogens (tertiary/aromatic N) is 1. The summed E-state index contributed by atoms with van der Waals surface area (Å²) >= 11 is 13.1. The number of halogens is 3. The predicted molar refractivity (Wildman–Crippen MR) is 157 cm³/mol. The fourth-order valence-corrected chi connectivity index (χ4v) is 8.05. The Bertz CT molecular complexity index is 1550. The Morgan fingerprint density at radius 3 is 2.53 bits per heavy atom. The van der Waals surface area contributed by atoms with Gasteiger partial charge in [-0.1, -0.05) is 41.3 Å². The van der Waals surface area contributed by atoms with Crippen LogP contribution < -0.4 is 4.74 Å². The second-order valence-corrected chi connectivity index (χ2v) is 13.6. The second-order valence-electron chi connectivity index (χ2n) is 12.8. The van der Waals surface area contributed by atoms with Crippen LogP contribution in [0.3, 0.4) is 0 Å². The van der Waals surface area contributed by atoms with Crippen LogP contribution in [0.25, 0.3) is 11.3 Å². The van der Waals surface area contributed by atoms with E-state index >= 15 is 0 Å². The summed E-state index contributed by atoms with van der Waals surface area (Å²) in [7, 11) is 1.31. The number of hydrogen-bond acceptors (Lipinski definition) is 7. The molecule has 1 aromatic heterocycles. The van der Waals surface area contributed by atoms with Gasteiger partial charge in [-0.25, -0.2) is 9.18 Å². The largest absolute Gasteiger partial charge is 0.475 e. The first-order chi connectivity index (χ1) is 20.6. The van der Waals surface area contributed by atoms with E-state index in [9.17, 15) is 14.3 Å². The van der Waals surface area contributed by atoms with E-state index in [-0.39, 0.29) is 36.2 Å². The Hall–Kier alpha value is -2.65. The zero-order valence-electron chi connectivity index (χ0n) is 24.1. The molecule has 0 aliphatic heterocycles. The Morgan fingerprint density at radius 2 is 1.88 bits per heavy atom. The van der Waals surface area contributed by atoms with Crippen molar-refractivity contribution in [1.29, 1.82) is 0 Å². The number of ether oxygens (including phenoxy) is 3. The van der Waals surface area contributed by atoms with Crippen molar-refractivity contribution in [2.75, 3.05) is 7.11 Å². The van der Waals surface area contributed by atoms with Crippen LogP contribution in [-0.4, -0.2) is 35.0 Å². The summed E-state index contributed by atoms with van der Waals surface area (Å²) in [6.07, 6.45) is 5.00. The van der Waals surface area contributed by atoms with Crippen LogP contribution in [0.4, 0.5) is 4.39 Å². The molecule has 4 fully saturated rings. The van der Waals surface area contributed by atoms with Crippen molar-refractivity contribution >= 4 is 29.2 Å². The first kappa shape index (κ1) is 29.1. The van der Waals surface area contributed by atoms with Crippen molar-refractivity contribution in [1.82, 2.24) is 5.16 Å². The maximum atomic E-state index is 14.9. The molecular formula is C33H34Cl2FNO6. The van der Waals surface area contributed by atoms with Gasteiger partial charge in [0.1, 0.15) is 23.0 Å². The highest BCUT2D eigenvalue weighted by Gasteiger charge is 2.58. The summed E-state index contributed by atoms with van der Waals surface area (Å²) in [5.41, 5.74) is 0.268. The normalized spacial score (nSPS) is 29.0. The summed E-state index contributed by atoms with van der Waals surface area (Å²) in [4.78, 5) is 12.2. The molecule has 4 aliphatic rings. The van der Waals surface area contributed by atoms with Crippen LogP contribution in [0.5, 0.6) is 5.75 Å². The number of aliphatic hydroxyl groups is 1. The van der Waals surface area contributed by atoms with E-state index in [4.69, 9.17) is 41.9 Å². The molecule has 1 heterocycles. The molecule has 7 nitrogen and oxygen atoms in total. The quantitative estimate of drug-likeness (QED) is 0.244. The summed E-state index contributed by atoms with van der Waals surface area (Å²) in [5.74, 6) is 0.288. The number of hydrogen-bond donors (Lipinski definition) is 1. The standard InChI is InChI=1S/C33H34Cl2FNO6/c1-17-10-19-12-22(41-16-24-29(37-43-30(24)18-6-7-18)28-26(34)4-3-5-27(28)35)15-25(17)33(19,39)20-11-21(36)14-23(13-20)42-32(8-9-32)31(38)40-2/h3-5,11,13-14,17-19,22,25,39H,6-10,12,15-16H2,1-2H3/t17-,19+,22+,25+,33+/m0/s1. The number of rotatable bonds is 9. The minimum atomic E-state index is -1.24. The van der Waals surface area contributed by atoms with Crippen molar-refractivity contribution in [2.45, 2.75) is 81.7 Å². The van der Waals surface area contributed by atoms with E-state index in [1.165, 1.54) is 19.2 Å². The molecule has 4 aliphatic carbocycles. The van der Waals surface area contributed by atoms with Crippen molar-refractivity contribution in [3.8, 4) is 17.0 Å². The van der Waals surface area contributed by atoms with Crippen LogP contribution in [0.1, 0.15) is 74.7 Å². The smallest absolute Gasteiger partial charge is 0.350 e. The maximum absolute atomic E-state index is 14.9. The van der Waals surface area contributed by atoms with Gasteiger partial charge in [-0.2, -0.15) is 0 Å². The molecular weight excluding hydrogens is 596 g/mol. The van der Waals surface area contributed by atoms with E-state index in [0.29, 0.717) is 58.5 Å². The van der Waals surface area contributed by atoms with Gasteiger partial charge in [-0.3, -0.25) is 0 Å². The number of esters is 1. The van der Waals surface area contributed by atoms with Gasteiger partial charge in [0.15, 0.2) is 0 Å². The topological polar surface area (TPSA) is 91.0 Å². The molecule has 4 saturated carbocycles. The molecule has 3 aromatic rings. The Kier molecular flexibility index (Phi) is 7.28. The highest BCUT2D eigenvalue weighted by molar-refractivity contribution is 6.39. The molecule has 0 spiro atoms. The Labute approximate surface area is 259 Å². The first-order valence-corrected chi connectivity index (χ1v) is 15.7. The van der Waals surface area contributed by atoms with Crippen LogP contribution >= 0.6 is 23.2 Å². The van der Waals surface area contributed by atoms with E-state index in [2.05, 4.69) is 12.1 Å². The molecule has 0 unspecified atom stereocenters. The molecule has 1 N–H and O–H groups in total. The van der Waals surface area contributed by atoms with E-state index < -0.39 is 23.0 Å². The minimum Gasteiger partial charge on any atom is -0.475 e. The maximum Gasteiger partial charge on any atom is 0.350 e. The second kappa shape index (κ2) is 10.8. The van der Waals surface area contributed by atoms with Gasteiger partial charge in [-0.05, 0) is 79.7 Å². The molecule has 10 heteroatoms. The van der Waals surface area contributed by atoms with E-state index in [1.54, 1.807) is 24.3 Å². The fraction of sp³-hybridized carbons (Fsp3) is 0.515. The van der Waals surface area contributed by atoms with Gasteiger partial charge in [0.2, 0.25) is 5.60 Å². The van der Waals surface area contributed by atoms with Crippen molar-refractivity contribution in [3.05, 3.63) is 69.1 Å². The molecule has 43 heavy (non-hydrogen) atoms. The number of benzene rings is 2. The Morgan fingerprint density at radius 1 is 1.14 bits per heavy atom. The predicted octanol–water partition coefficient (Wildman–Crippen LogP) is 7.59. The molecule has 2 bridgehead atoms. The average molecular weight is 631 g/mol. The summed E-state index contributed by atoms with van der Waals surface area (Å²) < 4.78 is 38.1. The van der Waals surface area contributed by atoms with Gasteiger partial charge in [-0.15, -0.1) is 0 Å². The summed E-state index contributed by atoms with van der Waals surface area (Å²) in [6, 6.07) is 9.69. The third-order valence-corrected chi connectivity index (χ3v) is 10.6. The molecule has 0 amide bonds. The molecule has 7 rings (SSSR count). The number of methoxy groups -OCH3 is 1. The number of carbonyl (C=O) groups excluding carboxylic acids is 1. The lowest BCUT2D eigenvalue weighted by molar-refractivity contribution is -0.151. The monoisotopic (exact) mass is 629 g/mol. The lowest BCUT2D eigenvalue weighted by Gasteiger charge is -2.43. The number of carbonyl (C=O) groups is 1. The van der Waals surface area contributed by atoms with E-state index in [0.717, 1.165) is 30.6 Å². The van der Waals surface area contributed by atoms with Gasteiger partial charge >= 0.3 is 5.97 Å². The zero-order valence-corrected chi connectivity index (χ0v) is 25.6. The summed E-state index contributed by atoms with van der Waals surface area (Å²) in [6.45, 7) is 2.42. The zero-order chi connectivity index (χ0) is 30.1. The third kappa shape index (κ3) is 5.04. The fourth-order valence-electron chi connectivity index (χ4n) is 7.48. The summed E-state index contributed by atoms with van der Waals surface area (Å²) in [5, 5.41) is 17.6. The highest BCUT2D eigenvalue weighted by atomic mass is 35.5. The van der Waals surface area contributed by atoms with Crippen molar-refractivity contribution in [3.63, 3.8) is 0 Å². The molecule has 0 saturated heterocycles. The van der Waals surface area contributed by atoms with Crippen LogP contribution in [0, 0.1) is 23.6 Å². The van der Waals surface area contributed by atoms with Crippen LogP contribution in [0.2, 0.25) is 10.0 Å². The highest BCUT2D eigenvalue weighted by Crippen LogP contribution is 2.59. The van der Waals surface area contributed by atoms with Gasteiger partial charge in [0, 0.05) is 36.0 Å². The van der Waals surface area contributed by atoms with Crippen molar-refractivity contribution < 1.29 is 33.0 Å². The van der Waals surface area contributed by atoms with Crippen molar-refractivity contribution in [2.24, 2.45) is 17.8 Å². The van der Waals surface area contributed by atoms with Gasteiger partial charge in [0.25, 0.3) is 0 Å². The first-order valence-electron chi connectivity index (χ1n) is 15.0. The Balaban J connectivity index is 1.12. The number of aromatic nitrogens is 1. The molecule has 228 valence electrons. The molecule has 5 atom stereocenters. The average Bonchev–Trinajstić information content (AvgIpc) is 3.90. The lowest BCUT2D eigenvalue weighted by Crippen LogP contribution is -2.45. The lowest BCUT2D eigenvalue weighted by atomic mass is 9.68. The van der Waals surface area contributed by atoms with Crippen LogP contribution in [-0.2, 0) is 26.5 Å². The van der Waals surface area contributed by atoms with Gasteiger partial charge in [0.05, 0.1) is 35.5 Å². The van der Waals surface area contributed by atoms with Crippen LogP contribution in [0.15, 0.2) is 40.9 Å². The van der Waals surface area contributed by atoms with Gasteiger partial charge < -0.3 is 23.8 Å². The van der Waals surface area contributed by atoms with E-state index in [1.807, 2.05) is 0 Å². The minimum absolute atomic E-state index is 0.116. The number of fused-ring (bicyclic) bond motifs is 2.